The standard InChI is InChI=1S/C23H16ClN3O4/c24-19-9-7-15(8-10-19)18-13-22(16-3-1-5-20(11-16)26(28)29)25-23(14-18)17-4-2-6-21(12-17)27(30)31/h1-14,18,25H. The number of dihydropyridines is 1. The second kappa shape index (κ2) is 8.41. The lowest BCUT2D eigenvalue weighted by Crippen LogP contribution is -2.17. The summed E-state index contributed by atoms with van der Waals surface area (Å²) in [7, 11) is 0. The second-order valence-corrected chi connectivity index (χ2v) is 7.41. The van der Waals surface area contributed by atoms with Gasteiger partial charge in [0.05, 0.1) is 9.85 Å². The zero-order valence-corrected chi connectivity index (χ0v) is 16.8. The van der Waals surface area contributed by atoms with Gasteiger partial charge in [-0.3, -0.25) is 20.2 Å². The van der Waals surface area contributed by atoms with Crippen LogP contribution in [0, 0.1) is 20.2 Å². The molecular formula is C23H16ClN3O4. The van der Waals surface area contributed by atoms with E-state index in [1.165, 1.54) is 24.3 Å². The van der Waals surface area contributed by atoms with E-state index in [9.17, 15) is 20.2 Å². The van der Waals surface area contributed by atoms with Crippen LogP contribution in [-0.2, 0) is 0 Å². The maximum Gasteiger partial charge on any atom is 0.270 e. The molecule has 0 amide bonds. The number of nitro groups is 2. The van der Waals surface area contributed by atoms with E-state index in [2.05, 4.69) is 5.32 Å². The van der Waals surface area contributed by atoms with E-state index in [1.54, 1.807) is 36.4 Å². The van der Waals surface area contributed by atoms with Crippen LogP contribution >= 0.6 is 11.6 Å². The predicted molar refractivity (Wildman–Crippen MR) is 119 cm³/mol. The number of nitrogens with zero attached hydrogens (tertiary/aromatic N) is 2. The average Bonchev–Trinajstić information content (AvgIpc) is 2.79. The second-order valence-electron chi connectivity index (χ2n) is 6.98. The fourth-order valence-electron chi connectivity index (χ4n) is 3.42. The van der Waals surface area contributed by atoms with Crippen LogP contribution in [0.5, 0.6) is 0 Å². The number of nitrogens with one attached hydrogen (secondary N) is 1. The first-order valence-corrected chi connectivity index (χ1v) is 9.74. The van der Waals surface area contributed by atoms with Crippen molar-refractivity contribution in [1.82, 2.24) is 5.32 Å². The van der Waals surface area contributed by atoms with Crippen molar-refractivity contribution in [2.75, 3.05) is 0 Å². The molecule has 0 unspecified atom stereocenters. The smallest absolute Gasteiger partial charge is 0.270 e. The van der Waals surface area contributed by atoms with E-state index in [-0.39, 0.29) is 17.3 Å². The Morgan fingerprint density at radius 1 is 0.742 bits per heavy atom. The van der Waals surface area contributed by atoms with E-state index in [0.29, 0.717) is 27.5 Å². The molecule has 4 rings (SSSR count). The molecule has 3 aromatic carbocycles. The van der Waals surface area contributed by atoms with Crippen LogP contribution in [0.4, 0.5) is 11.4 Å². The van der Waals surface area contributed by atoms with Gasteiger partial charge < -0.3 is 5.32 Å². The molecule has 0 aliphatic carbocycles. The molecule has 1 N–H and O–H groups in total. The third-order valence-corrected chi connectivity index (χ3v) is 5.20. The summed E-state index contributed by atoms with van der Waals surface area (Å²) in [6, 6.07) is 20.0. The average molecular weight is 434 g/mol. The summed E-state index contributed by atoms with van der Waals surface area (Å²) in [5.41, 5.74) is 3.56. The minimum atomic E-state index is -0.444. The fourth-order valence-corrected chi connectivity index (χ4v) is 3.55. The Bertz CT molecular complexity index is 1160. The van der Waals surface area contributed by atoms with E-state index < -0.39 is 9.85 Å². The van der Waals surface area contributed by atoms with Crippen LogP contribution in [0.3, 0.4) is 0 Å². The lowest BCUT2D eigenvalue weighted by molar-refractivity contribution is -0.385. The number of allylic oxidation sites excluding steroid dienone is 2. The van der Waals surface area contributed by atoms with E-state index in [0.717, 1.165) is 5.56 Å². The van der Waals surface area contributed by atoms with Crippen molar-refractivity contribution < 1.29 is 9.85 Å². The third-order valence-electron chi connectivity index (χ3n) is 4.95. The van der Waals surface area contributed by atoms with Gasteiger partial charge in [0.2, 0.25) is 0 Å². The van der Waals surface area contributed by atoms with Crippen molar-refractivity contribution in [3.63, 3.8) is 0 Å². The number of halogens is 1. The first kappa shape index (κ1) is 20.3. The highest BCUT2D eigenvalue weighted by molar-refractivity contribution is 6.30. The molecule has 1 heterocycles. The van der Waals surface area contributed by atoms with Crippen LogP contribution in [0.15, 0.2) is 84.9 Å². The molecule has 7 nitrogen and oxygen atoms in total. The number of hydrogen-bond donors (Lipinski definition) is 1. The van der Waals surface area contributed by atoms with Gasteiger partial charge in [0.15, 0.2) is 0 Å². The normalized spacial score (nSPS) is 13.7. The highest BCUT2D eigenvalue weighted by atomic mass is 35.5. The summed E-state index contributed by atoms with van der Waals surface area (Å²) in [4.78, 5) is 21.6. The molecule has 0 saturated heterocycles. The van der Waals surface area contributed by atoms with Crippen LogP contribution in [0.25, 0.3) is 11.4 Å². The van der Waals surface area contributed by atoms with Crippen molar-refractivity contribution in [1.29, 1.82) is 0 Å². The summed E-state index contributed by atoms with van der Waals surface area (Å²) >= 11 is 6.02. The summed E-state index contributed by atoms with van der Waals surface area (Å²) in [5, 5.41) is 26.3. The SMILES string of the molecule is O=[N+]([O-])c1cccc(C2=CC(c3ccc(Cl)cc3)C=C(c3cccc([N+](=O)[O-])c3)N2)c1. The molecule has 0 atom stereocenters. The largest absolute Gasteiger partial charge is 0.355 e. The molecule has 1 aliphatic heterocycles. The number of non-ortho nitro benzene ring substituents is 2. The molecule has 0 radical (unpaired) electrons. The lowest BCUT2D eigenvalue weighted by atomic mass is 9.91. The fraction of sp³-hybridized carbons (Fsp3) is 0.0435. The van der Waals surface area contributed by atoms with Crippen LogP contribution < -0.4 is 5.32 Å². The van der Waals surface area contributed by atoms with Crippen molar-refractivity contribution in [3.8, 4) is 0 Å². The van der Waals surface area contributed by atoms with Crippen LogP contribution in [-0.4, -0.2) is 9.85 Å². The predicted octanol–water partition coefficient (Wildman–Crippen LogP) is 5.93. The Hall–Kier alpha value is -3.97. The van der Waals surface area contributed by atoms with Gasteiger partial charge in [-0.05, 0) is 29.8 Å². The molecule has 154 valence electrons. The van der Waals surface area contributed by atoms with Crippen molar-refractivity contribution in [3.05, 3.63) is 127 Å². The number of rotatable bonds is 5. The summed E-state index contributed by atoms with van der Waals surface area (Å²) < 4.78 is 0. The number of benzene rings is 3. The van der Waals surface area contributed by atoms with Gasteiger partial charge in [-0.2, -0.15) is 0 Å². The van der Waals surface area contributed by atoms with Gasteiger partial charge in [-0.1, -0.05) is 48.0 Å². The molecule has 0 aromatic heterocycles. The van der Waals surface area contributed by atoms with E-state index >= 15 is 0 Å². The topological polar surface area (TPSA) is 98.3 Å². The highest BCUT2D eigenvalue weighted by Crippen LogP contribution is 2.34. The maximum absolute atomic E-state index is 11.2. The zero-order chi connectivity index (χ0) is 22.0. The first-order chi connectivity index (χ1) is 14.9. The molecule has 31 heavy (non-hydrogen) atoms. The maximum atomic E-state index is 11.2. The van der Waals surface area contributed by atoms with Gasteiger partial charge in [0, 0.05) is 57.7 Å². The Labute approximate surface area is 182 Å². The Morgan fingerprint density at radius 2 is 1.23 bits per heavy atom. The summed E-state index contributed by atoms with van der Waals surface area (Å²) in [6.07, 6.45) is 3.92. The quantitative estimate of drug-likeness (QED) is 0.397. The molecule has 0 saturated carbocycles. The Balaban J connectivity index is 1.80. The third kappa shape index (κ3) is 4.46. The summed E-state index contributed by atoms with van der Waals surface area (Å²) in [5.74, 6) is -0.165. The monoisotopic (exact) mass is 433 g/mol. The van der Waals surface area contributed by atoms with Crippen molar-refractivity contribution in [2.24, 2.45) is 0 Å². The minimum absolute atomic E-state index is 0.0188. The van der Waals surface area contributed by atoms with Crippen molar-refractivity contribution >= 4 is 34.4 Å². The molecule has 0 fully saturated rings. The molecule has 3 aromatic rings. The van der Waals surface area contributed by atoms with Gasteiger partial charge in [-0.15, -0.1) is 0 Å². The van der Waals surface area contributed by atoms with E-state index in [4.69, 9.17) is 11.6 Å². The van der Waals surface area contributed by atoms with Gasteiger partial charge in [-0.25, -0.2) is 0 Å². The van der Waals surface area contributed by atoms with Gasteiger partial charge >= 0.3 is 0 Å². The molecule has 8 heteroatoms. The van der Waals surface area contributed by atoms with E-state index in [1.807, 2.05) is 24.3 Å². The summed E-state index contributed by atoms with van der Waals surface area (Å²) in [6.45, 7) is 0. The van der Waals surface area contributed by atoms with Crippen LogP contribution in [0.2, 0.25) is 5.02 Å². The molecule has 0 bridgehead atoms. The van der Waals surface area contributed by atoms with Crippen molar-refractivity contribution in [2.45, 2.75) is 5.92 Å². The number of nitro benzene ring substituents is 2. The Kier molecular flexibility index (Phi) is 5.51. The minimum Gasteiger partial charge on any atom is -0.355 e. The molecule has 1 aliphatic rings. The van der Waals surface area contributed by atoms with Gasteiger partial charge in [0.1, 0.15) is 0 Å². The van der Waals surface area contributed by atoms with Gasteiger partial charge in [0.25, 0.3) is 11.4 Å². The highest BCUT2D eigenvalue weighted by Gasteiger charge is 2.20. The van der Waals surface area contributed by atoms with Crippen LogP contribution in [0.1, 0.15) is 22.6 Å². The lowest BCUT2D eigenvalue weighted by Gasteiger charge is -2.24. The first-order valence-electron chi connectivity index (χ1n) is 9.36. The molecule has 0 spiro atoms. The molecular weight excluding hydrogens is 418 g/mol. The zero-order valence-electron chi connectivity index (χ0n) is 16.1. The number of hydrogen-bond acceptors (Lipinski definition) is 5. The Morgan fingerprint density at radius 3 is 1.68 bits per heavy atom.